The first-order chi connectivity index (χ1) is 16.4. The van der Waals surface area contributed by atoms with Crippen LogP contribution in [0.2, 0.25) is 0 Å². The van der Waals surface area contributed by atoms with Crippen LogP contribution < -0.4 is 5.32 Å². The van der Waals surface area contributed by atoms with E-state index in [-0.39, 0.29) is 18.4 Å². The Morgan fingerprint density at radius 3 is 2.29 bits per heavy atom. The van der Waals surface area contributed by atoms with Crippen molar-refractivity contribution in [2.75, 3.05) is 7.11 Å². The van der Waals surface area contributed by atoms with Crippen molar-refractivity contribution in [3.63, 3.8) is 0 Å². The number of alkyl halides is 3. The number of nitriles is 1. The predicted octanol–water partition coefficient (Wildman–Crippen LogP) is 4.25. The number of amides is 1. The average molecular weight is 511 g/mol. The summed E-state index contributed by atoms with van der Waals surface area (Å²) < 4.78 is 87.2. The van der Waals surface area contributed by atoms with Gasteiger partial charge in [0.2, 0.25) is 5.91 Å². The lowest BCUT2D eigenvalue weighted by atomic mass is 10.0. The van der Waals surface area contributed by atoms with Crippen molar-refractivity contribution in [3.05, 3.63) is 53.8 Å². The third-order valence-electron chi connectivity index (χ3n) is 6.63. The summed E-state index contributed by atoms with van der Waals surface area (Å²) in [4.78, 5) is 11.9. The maximum absolute atomic E-state index is 14.0. The molecule has 0 saturated heterocycles. The summed E-state index contributed by atoms with van der Waals surface area (Å²) in [5, 5.41) is 10.5. The highest BCUT2D eigenvalue weighted by atomic mass is 32.2. The van der Waals surface area contributed by atoms with Crippen LogP contribution in [0, 0.1) is 23.1 Å². The molecule has 6 nitrogen and oxygen atoms in total. The Bertz CT molecular complexity index is 1280. The maximum Gasteiger partial charge on any atom is 0.417 e. The van der Waals surface area contributed by atoms with E-state index in [1.807, 2.05) is 6.07 Å². The van der Waals surface area contributed by atoms with Crippen molar-refractivity contribution < 1.29 is 35.5 Å². The molecule has 2 aromatic carbocycles. The number of rotatable bonds is 6. The van der Waals surface area contributed by atoms with Crippen molar-refractivity contribution in [2.45, 2.75) is 53.6 Å². The number of ether oxygens (including phenoxy) is 1. The molecule has 186 valence electrons. The standard InChI is InChI=1S/C24H22F4N2O4S/c1-34-20-12-17(11-18(20)22(31)30-23(13-29)8-9-23)35(32,33)21-7-4-15(10-19(21)24(26,27)28)14-2-5-16(25)6-3-14/h2-7,10,17-18,20H,8-9,11-12H2,1H3,(H,30,31)/t17?,18-,20-/m0/s1. The number of nitrogens with zero attached hydrogens (tertiary/aromatic N) is 1. The zero-order valence-corrected chi connectivity index (χ0v) is 19.4. The number of sulfone groups is 1. The molecule has 1 unspecified atom stereocenters. The fraction of sp³-hybridized carbons (Fsp3) is 0.417. The summed E-state index contributed by atoms with van der Waals surface area (Å²) >= 11 is 0. The summed E-state index contributed by atoms with van der Waals surface area (Å²) in [7, 11) is -3.20. The number of carbonyl (C=O) groups excluding carboxylic acids is 1. The highest BCUT2D eigenvalue weighted by Crippen LogP contribution is 2.43. The van der Waals surface area contributed by atoms with E-state index in [1.165, 1.54) is 25.3 Å². The lowest BCUT2D eigenvalue weighted by molar-refractivity contribution is -0.139. The molecule has 2 aliphatic rings. The minimum atomic E-state index is -4.97. The molecular weight excluding hydrogens is 488 g/mol. The average Bonchev–Trinajstić information content (AvgIpc) is 3.44. The van der Waals surface area contributed by atoms with E-state index in [9.17, 15) is 36.0 Å². The third kappa shape index (κ3) is 4.90. The predicted molar refractivity (Wildman–Crippen MR) is 117 cm³/mol. The van der Waals surface area contributed by atoms with Gasteiger partial charge >= 0.3 is 6.18 Å². The van der Waals surface area contributed by atoms with Gasteiger partial charge in [0.05, 0.1) is 33.8 Å². The van der Waals surface area contributed by atoms with Crippen LogP contribution in [0.15, 0.2) is 47.4 Å². The Morgan fingerprint density at radius 1 is 1.11 bits per heavy atom. The number of nitrogens with one attached hydrogen (secondary N) is 1. The highest BCUT2D eigenvalue weighted by molar-refractivity contribution is 7.92. The molecule has 0 spiro atoms. The van der Waals surface area contributed by atoms with Gasteiger partial charge < -0.3 is 10.1 Å². The summed E-state index contributed by atoms with van der Waals surface area (Å²) in [6.07, 6.45) is -5.22. The molecule has 2 saturated carbocycles. The van der Waals surface area contributed by atoms with Gasteiger partial charge in [-0.1, -0.05) is 18.2 Å². The monoisotopic (exact) mass is 510 g/mol. The number of carbonyl (C=O) groups is 1. The van der Waals surface area contributed by atoms with Crippen molar-refractivity contribution in [2.24, 2.45) is 5.92 Å². The Hall–Kier alpha value is -2.97. The van der Waals surface area contributed by atoms with E-state index >= 15 is 0 Å². The van der Waals surface area contributed by atoms with Crippen LogP contribution >= 0.6 is 0 Å². The SMILES string of the molecule is CO[C@H]1CC(S(=O)(=O)c2ccc(-c3ccc(F)cc3)cc2C(F)(F)F)C[C@@H]1C(=O)NC1(C#N)CC1. The normalized spacial score (nSPS) is 23.5. The number of hydrogen-bond acceptors (Lipinski definition) is 5. The van der Waals surface area contributed by atoms with Crippen LogP contribution in [-0.2, 0) is 25.5 Å². The molecule has 0 radical (unpaired) electrons. The van der Waals surface area contributed by atoms with Crippen molar-refractivity contribution in [1.82, 2.24) is 5.32 Å². The summed E-state index contributed by atoms with van der Waals surface area (Å²) in [5.41, 5.74) is -1.92. The van der Waals surface area contributed by atoms with Gasteiger partial charge in [-0.05, 0) is 61.1 Å². The first-order valence-electron chi connectivity index (χ1n) is 10.9. The quantitative estimate of drug-likeness (QED) is 0.587. The van der Waals surface area contributed by atoms with Gasteiger partial charge in [-0.3, -0.25) is 4.79 Å². The maximum atomic E-state index is 14.0. The van der Waals surface area contributed by atoms with Crippen LogP contribution in [-0.4, -0.2) is 38.3 Å². The first-order valence-corrected chi connectivity index (χ1v) is 12.4. The number of halogens is 4. The molecule has 0 bridgehead atoms. The van der Waals surface area contributed by atoms with Crippen LogP contribution in [0.5, 0.6) is 0 Å². The largest absolute Gasteiger partial charge is 0.417 e. The lowest BCUT2D eigenvalue weighted by Gasteiger charge is -2.19. The van der Waals surface area contributed by atoms with Gasteiger partial charge in [0.25, 0.3) is 0 Å². The fourth-order valence-electron chi connectivity index (χ4n) is 4.46. The minimum absolute atomic E-state index is 0.0842. The van der Waals surface area contributed by atoms with E-state index in [4.69, 9.17) is 4.74 Å². The van der Waals surface area contributed by atoms with Gasteiger partial charge in [0.1, 0.15) is 11.4 Å². The second-order valence-electron chi connectivity index (χ2n) is 8.92. The topological polar surface area (TPSA) is 96.3 Å². The molecule has 1 N–H and O–H groups in total. The van der Waals surface area contributed by atoms with Gasteiger partial charge in [-0.25, -0.2) is 12.8 Å². The molecule has 0 aromatic heterocycles. The number of benzene rings is 2. The second-order valence-corrected chi connectivity index (χ2v) is 11.1. The Labute approximate surface area is 199 Å². The molecule has 11 heteroatoms. The van der Waals surface area contributed by atoms with Gasteiger partial charge in [0.15, 0.2) is 9.84 Å². The molecule has 2 fully saturated rings. The van der Waals surface area contributed by atoms with Crippen molar-refractivity contribution in [1.29, 1.82) is 5.26 Å². The second kappa shape index (κ2) is 8.91. The molecule has 1 amide bonds. The zero-order valence-electron chi connectivity index (χ0n) is 18.6. The summed E-state index contributed by atoms with van der Waals surface area (Å²) in [6, 6.07) is 9.69. The third-order valence-corrected chi connectivity index (χ3v) is 8.87. The Morgan fingerprint density at radius 2 is 1.74 bits per heavy atom. The Balaban J connectivity index is 1.66. The van der Waals surface area contributed by atoms with Crippen molar-refractivity contribution >= 4 is 15.7 Å². The smallest absolute Gasteiger partial charge is 0.381 e. The molecule has 0 aliphatic heterocycles. The van der Waals surface area contributed by atoms with E-state index < -0.39 is 61.0 Å². The van der Waals surface area contributed by atoms with Crippen LogP contribution in [0.1, 0.15) is 31.2 Å². The molecule has 0 heterocycles. The van der Waals surface area contributed by atoms with Crippen LogP contribution in [0.4, 0.5) is 17.6 Å². The van der Waals surface area contributed by atoms with E-state index in [2.05, 4.69) is 5.32 Å². The van der Waals surface area contributed by atoms with E-state index in [0.717, 1.165) is 24.3 Å². The van der Waals surface area contributed by atoms with Crippen LogP contribution in [0.25, 0.3) is 11.1 Å². The minimum Gasteiger partial charge on any atom is -0.381 e. The molecule has 35 heavy (non-hydrogen) atoms. The molecule has 4 rings (SSSR count). The molecule has 2 aromatic rings. The van der Waals surface area contributed by atoms with Gasteiger partial charge in [0, 0.05) is 7.11 Å². The first kappa shape index (κ1) is 25.1. The Kier molecular flexibility index (Phi) is 6.40. The summed E-state index contributed by atoms with van der Waals surface area (Å²) in [6.45, 7) is 0. The van der Waals surface area contributed by atoms with Gasteiger partial charge in [-0.15, -0.1) is 0 Å². The highest BCUT2D eigenvalue weighted by Gasteiger charge is 2.51. The van der Waals surface area contributed by atoms with Crippen LogP contribution in [0.3, 0.4) is 0 Å². The van der Waals surface area contributed by atoms with Gasteiger partial charge in [-0.2, -0.15) is 18.4 Å². The fourth-order valence-corrected chi connectivity index (χ4v) is 6.47. The summed E-state index contributed by atoms with van der Waals surface area (Å²) in [5.74, 6) is -2.02. The molecule has 3 atom stereocenters. The number of methoxy groups -OCH3 is 1. The van der Waals surface area contributed by atoms with E-state index in [0.29, 0.717) is 18.4 Å². The zero-order chi connectivity index (χ0) is 25.6. The van der Waals surface area contributed by atoms with E-state index in [1.54, 1.807) is 0 Å². The van der Waals surface area contributed by atoms with Crippen molar-refractivity contribution in [3.8, 4) is 17.2 Å². The lowest BCUT2D eigenvalue weighted by Crippen LogP contribution is -2.42. The molecular formula is C24H22F4N2O4S. The molecule has 2 aliphatic carbocycles. The number of hydrogen-bond donors (Lipinski definition) is 1.